The third kappa shape index (κ3) is 5.81. The van der Waals surface area contributed by atoms with Crippen LogP contribution in [0.3, 0.4) is 0 Å². The number of amides is 2. The number of nitrogens with one attached hydrogen (secondary N) is 3. The number of nitrogens with zero attached hydrogens (tertiary/aromatic N) is 1. The van der Waals surface area contributed by atoms with Gasteiger partial charge < -0.3 is 16.0 Å². The molecule has 0 saturated heterocycles. The van der Waals surface area contributed by atoms with Crippen LogP contribution >= 0.6 is 0 Å². The molecule has 24 heavy (non-hydrogen) atoms. The number of benzene rings is 1. The predicted octanol–water partition coefficient (Wildman–Crippen LogP) is 1.24. The Morgan fingerprint density at radius 2 is 1.83 bits per heavy atom. The minimum absolute atomic E-state index is 0.00122. The van der Waals surface area contributed by atoms with Crippen LogP contribution in [0.1, 0.15) is 27.9 Å². The van der Waals surface area contributed by atoms with Gasteiger partial charge >= 0.3 is 0 Å². The van der Waals surface area contributed by atoms with Gasteiger partial charge in [0.2, 0.25) is 5.91 Å². The predicted molar refractivity (Wildman–Crippen MR) is 92.2 cm³/mol. The summed E-state index contributed by atoms with van der Waals surface area (Å²) in [6.45, 7) is 1.74. The van der Waals surface area contributed by atoms with Gasteiger partial charge in [-0.05, 0) is 29.3 Å². The Morgan fingerprint density at radius 1 is 1.04 bits per heavy atom. The van der Waals surface area contributed by atoms with Gasteiger partial charge in [0, 0.05) is 51.1 Å². The monoisotopic (exact) mass is 326 g/mol. The normalized spacial score (nSPS) is 10.2. The number of pyridine rings is 1. The highest BCUT2D eigenvalue weighted by Gasteiger charge is 2.03. The number of hydrogen-bond donors (Lipinski definition) is 3. The summed E-state index contributed by atoms with van der Waals surface area (Å²) < 4.78 is 0. The Kier molecular flexibility index (Phi) is 6.91. The van der Waals surface area contributed by atoms with Crippen LogP contribution in [-0.2, 0) is 17.9 Å². The molecule has 2 amide bonds. The number of hydrogen-bond acceptors (Lipinski definition) is 4. The molecule has 6 heteroatoms. The van der Waals surface area contributed by atoms with E-state index in [1.165, 1.54) is 0 Å². The molecule has 126 valence electrons. The Hall–Kier alpha value is -2.73. The molecule has 6 nitrogen and oxygen atoms in total. The number of carbonyl (C=O) groups is 2. The second kappa shape index (κ2) is 9.42. The highest BCUT2D eigenvalue weighted by Crippen LogP contribution is 2.04. The molecule has 2 rings (SSSR count). The quantitative estimate of drug-likeness (QED) is 0.637. The third-order valence-electron chi connectivity index (χ3n) is 3.51. The van der Waals surface area contributed by atoms with E-state index in [2.05, 4.69) is 20.9 Å². The molecular formula is C18H22N4O2. The van der Waals surface area contributed by atoms with Crippen molar-refractivity contribution in [1.82, 2.24) is 20.9 Å². The minimum atomic E-state index is -0.0974. The van der Waals surface area contributed by atoms with Crippen molar-refractivity contribution in [2.75, 3.05) is 13.6 Å². The molecule has 0 unspecified atom stereocenters. The first-order chi connectivity index (χ1) is 11.7. The maximum atomic E-state index is 11.8. The second-order valence-corrected chi connectivity index (χ2v) is 5.34. The molecule has 0 spiro atoms. The summed E-state index contributed by atoms with van der Waals surface area (Å²) in [5.41, 5.74) is 2.68. The summed E-state index contributed by atoms with van der Waals surface area (Å²) in [5.74, 6) is -0.0962. The first kappa shape index (κ1) is 17.6. The molecule has 1 aromatic carbocycles. The lowest BCUT2D eigenvalue weighted by Gasteiger charge is -2.07. The zero-order chi connectivity index (χ0) is 17.2. The van der Waals surface area contributed by atoms with Crippen LogP contribution in [0.2, 0.25) is 0 Å². The fourth-order valence-corrected chi connectivity index (χ4v) is 2.14. The zero-order valence-corrected chi connectivity index (χ0v) is 13.7. The van der Waals surface area contributed by atoms with E-state index in [1.807, 2.05) is 24.3 Å². The molecular weight excluding hydrogens is 304 g/mol. The lowest BCUT2D eigenvalue weighted by molar-refractivity contribution is -0.121. The van der Waals surface area contributed by atoms with Gasteiger partial charge in [0.05, 0.1) is 0 Å². The fraction of sp³-hybridized carbons (Fsp3) is 0.278. The van der Waals surface area contributed by atoms with Crippen LogP contribution < -0.4 is 16.0 Å². The van der Waals surface area contributed by atoms with E-state index in [0.29, 0.717) is 31.6 Å². The molecule has 0 saturated carbocycles. The minimum Gasteiger partial charge on any atom is -0.355 e. The van der Waals surface area contributed by atoms with E-state index in [9.17, 15) is 9.59 Å². The third-order valence-corrected chi connectivity index (χ3v) is 3.51. The average Bonchev–Trinajstić information content (AvgIpc) is 2.64. The van der Waals surface area contributed by atoms with Crippen molar-refractivity contribution in [1.29, 1.82) is 0 Å². The Balaban J connectivity index is 1.63. The highest BCUT2D eigenvalue weighted by atomic mass is 16.2. The average molecular weight is 326 g/mol. The smallest absolute Gasteiger partial charge is 0.251 e. The molecule has 0 aliphatic carbocycles. The molecule has 1 aromatic heterocycles. The van der Waals surface area contributed by atoms with E-state index in [0.717, 1.165) is 11.1 Å². The van der Waals surface area contributed by atoms with E-state index >= 15 is 0 Å². The molecule has 1 heterocycles. The number of rotatable bonds is 8. The van der Waals surface area contributed by atoms with Crippen molar-refractivity contribution in [3.8, 4) is 0 Å². The molecule has 0 radical (unpaired) electrons. The van der Waals surface area contributed by atoms with Crippen molar-refractivity contribution < 1.29 is 9.59 Å². The largest absolute Gasteiger partial charge is 0.355 e. The molecule has 0 fully saturated rings. The van der Waals surface area contributed by atoms with Crippen molar-refractivity contribution >= 4 is 11.8 Å². The van der Waals surface area contributed by atoms with E-state index in [4.69, 9.17) is 0 Å². The van der Waals surface area contributed by atoms with Crippen LogP contribution in [0, 0.1) is 0 Å². The maximum absolute atomic E-state index is 11.8. The molecule has 0 aliphatic heterocycles. The van der Waals surface area contributed by atoms with E-state index < -0.39 is 0 Å². The van der Waals surface area contributed by atoms with E-state index in [1.54, 1.807) is 31.6 Å². The summed E-state index contributed by atoms with van der Waals surface area (Å²) in [4.78, 5) is 27.2. The maximum Gasteiger partial charge on any atom is 0.251 e. The number of carbonyl (C=O) groups excluding carboxylic acids is 2. The first-order valence-corrected chi connectivity index (χ1v) is 7.86. The summed E-state index contributed by atoms with van der Waals surface area (Å²) >= 11 is 0. The summed E-state index contributed by atoms with van der Waals surface area (Å²) in [7, 11) is 1.61. The second-order valence-electron chi connectivity index (χ2n) is 5.34. The van der Waals surface area contributed by atoms with Crippen molar-refractivity contribution in [3.63, 3.8) is 0 Å². The van der Waals surface area contributed by atoms with Crippen LogP contribution in [0.15, 0.2) is 48.8 Å². The highest BCUT2D eigenvalue weighted by molar-refractivity contribution is 5.93. The summed E-state index contributed by atoms with van der Waals surface area (Å²) in [5, 5.41) is 8.67. The topological polar surface area (TPSA) is 83.1 Å². The van der Waals surface area contributed by atoms with E-state index in [-0.39, 0.29) is 11.8 Å². The zero-order valence-electron chi connectivity index (χ0n) is 13.7. The summed E-state index contributed by atoms with van der Waals surface area (Å²) in [6.07, 6.45) is 3.86. The lowest BCUT2D eigenvalue weighted by Crippen LogP contribution is -2.27. The van der Waals surface area contributed by atoms with Gasteiger partial charge in [0.1, 0.15) is 0 Å². The van der Waals surface area contributed by atoms with Crippen molar-refractivity contribution in [2.24, 2.45) is 0 Å². The van der Waals surface area contributed by atoms with Gasteiger partial charge in [0.15, 0.2) is 0 Å². The Bertz CT molecular complexity index is 656. The van der Waals surface area contributed by atoms with Crippen LogP contribution in [0.25, 0.3) is 0 Å². The van der Waals surface area contributed by atoms with Gasteiger partial charge in [-0.15, -0.1) is 0 Å². The fourth-order valence-electron chi connectivity index (χ4n) is 2.14. The van der Waals surface area contributed by atoms with Gasteiger partial charge in [-0.3, -0.25) is 14.6 Å². The van der Waals surface area contributed by atoms with Crippen molar-refractivity contribution in [2.45, 2.75) is 19.5 Å². The SMILES string of the molecule is CNC(=O)c1ccc(CNCCC(=O)NCc2cccnc2)cc1. The molecule has 0 bridgehead atoms. The van der Waals surface area contributed by atoms with Gasteiger partial charge in [-0.2, -0.15) is 0 Å². The Labute approximate surface area is 141 Å². The van der Waals surface area contributed by atoms with Gasteiger partial charge in [-0.25, -0.2) is 0 Å². The lowest BCUT2D eigenvalue weighted by atomic mass is 10.1. The molecule has 3 N–H and O–H groups in total. The van der Waals surface area contributed by atoms with Crippen molar-refractivity contribution in [3.05, 3.63) is 65.5 Å². The molecule has 0 atom stereocenters. The molecule has 2 aromatic rings. The van der Waals surface area contributed by atoms with Crippen LogP contribution in [0.4, 0.5) is 0 Å². The molecule has 0 aliphatic rings. The van der Waals surface area contributed by atoms with Crippen LogP contribution in [0.5, 0.6) is 0 Å². The standard InChI is InChI=1S/C18H22N4O2/c1-19-18(24)16-6-4-14(5-7-16)11-21-10-8-17(23)22-13-15-3-2-9-20-12-15/h2-7,9,12,21H,8,10-11,13H2,1H3,(H,19,24)(H,22,23). The van der Waals surface area contributed by atoms with Crippen LogP contribution in [-0.4, -0.2) is 30.4 Å². The Morgan fingerprint density at radius 3 is 2.50 bits per heavy atom. The summed E-state index contributed by atoms with van der Waals surface area (Å²) in [6, 6.07) is 11.2. The first-order valence-electron chi connectivity index (χ1n) is 7.86. The van der Waals surface area contributed by atoms with Gasteiger partial charge in [0.25, 0.3) is 5.91 Å². The van der Waals surface area contributed by atoms with Gasteiger partial charge in [-0.1, -0.05) is 18.2 Å². The number of aromatic nitrogens is 1.